The fourth-order valence-corrected chi connectivity index (χ4v) is 7.01. The highest BCUT2D eigenvalue weighted by atomic mass is 32.1. The molecule has 0 saturated heterocycles. The second-order valence-corrected chi connectivity index (χ2v) is 11.3. The quantitative estimate of drug-likeness (QED) is 0.166. The molecule has 8 rings (SSSR count). The first-order valence-corrected chi connectivity index (χ1v) is 13.9. The van der Waals surface area contributed by atoms with Crippen molar-refractivity contribution in [3.05, 3.63) is 120 Å². The lowest BCUT2D eigenvalue weighted by atomic mass is 9.93. The van der Waals surface area contributed by atoms with Gasteiger partial charge in [0.1, 0.15) is 0 Å². The molecule has 0 radical (unpaired) electrons. The minimum absolute atomic E-state index is 1.29. The van der Waals surface area contributed by atoms with Crippen LogP contribution in [0, 0.1) is 0 Å². The molecule has 0 fully saturated rings. The van der Waals surface area contributed by atoms with Crippen molar-refractivity contribution in [3.63, 3.8) is 0 Å². The number of rotatable bonds is 2. The summed E-state index contributed by atoms with van der Waals surface area (Å²) in [6, 6.07) is 40.9. The molecule has 0 spiro atoms. The maximum absolute atomic E-state index is 2.37. The Balaban J connectivity index is 1.33. The van der Waals surface area contributed by atoms with Crippen LogP contribution in [0.15, 0.2) is 120 Å². The molecular formula is C34H20S2. The largest absolute Gasteiger partial charge is 0.144 e. The molecule has 0 bridgehead atoms. The molecule has 0 nitrogen and oxygen atoms in total. The minimum atomic E-state index is 1.29. The zero-order valence-electron chi connectivity index (χ0n) is 19.4. The Morgan fingerprint density at radius 1 is 0.333 bits per heavy atom. The predicted molar refractivity (Wildman–Crippen MR) is 161 cm³/mol. The van der Waals surface area contributed by atoms with Crippen molar-refractivity contribution < 1.29 is 0 Å². The lowest BCUT2D eigenvalue weighted by molar-refractivity contribution is 1.76. The molecule has 0 aliphatic heterocycles. The summed E-state index contributed by atoms with van der Waals surface area (Å²) in [6.07, 6.45) is 0. The van der Waals surface area contributed by atoms with E-state index in [1.807, 2.05) is 0 Å². The highest BCUT2D eigenvalue weighted by Crippen LogP contribution is 2.37. The predicted octanol–water partition coefficient (Wildman–Crippen LogP) is 10.9. The fraction of sp³-hybridized carbons (Fsp3) is 0. The molecule has 0 unspecified atom stereocenters. The van der Waals surface area contributed by atoms with Gasteiger partial charge in [-0.2, -0.15) is 0 Å². The zero-order valence-corrected chi connectivity index (χ0v) is 21.0. The Morgan fingerprint density at radius 3 is 1.25 bits per heavy atom. The summed E-state index contributed by atoms with van der Waals surface area (Å²) in [4.78, 5) is 2.63. The van der Waals surface area contributed by atoms with E-state index in [1.165, 1.54) is 74.7 Å². The maximum Gasteiger partial charge on any atom is 0.0342 e. The van der Waals surface area contributed by atoms with Gasteiger partial charge in [-0.05, 0) is 124 Å². The fourth-order valence-electron chi connectivity index (χ4n) is 5.56. The Labute approximate surface area is 216 Å². The van der Waals surface area contributed by atoms with E-state index in [-0.39, 0.29) is 0 Å². The number of fused-ring (bicyclic) bond motifs is 7. The monoisotopic (exact) mass is 492 g/mol. The van der Waals surface area contributed by atoms with Crippen LogP contribution in [0.4, 0.5) is 0 Å². The highest BCUT2D eigenvalue weighted by Gasteiger charge is 2.09. The third-order valence-electron chi connectivity index (χ3n) is 7.36. The first-order valence-electron chi connectivity index (χ1n) is 12.1. The molecule has 0 atom stereocenters. The normalized spacial score (nSPS) is 11.9. The van der Waals surface area contributed by atoms with E-state index in [1.54, 1.807) is 22.7 Å². The van der Waals surface area contributed by atoms with Gasteiger partial charge in [0.2, 0.25) is 0 Å². The van der Waals surface area contributed by atoms with Crippen molar-refractivity contribution in [1.29, 1.82) is 0 Å². The number of thiophene rings is 2. The van der Waals surface area contributed by atoms with Gasteiger partial charge in [-0.3, -0.25) is 0 Å². The summed E-state index contributed by atoms with van der Waals surface area (Å²) < 4.78 is 0. The lowest BCUT2D eigenvalue weighted by Gasteiger charge is -2.11. The molecule has 8 aromatic rings. The van der Waals surface area contributed by atoms with Crippen LogP contribution >= 0.6 is 22.7 Å². The van der Waals surface area contributed by atoms with E-state index in [0.717, 1.165) is 0 Å². The minimum Gasteiger partial charge on any atom is -0.144 e. The first-order chi connectivity index (χ1) is 17.8. The Kier molecular flexibility index (Phi) is 4.36. The van der Waals surface area contributed by atoms with Crippen molar-refractivity contribution in [3.8, 4) is 20.9 Å². The van der Waals surface area contributed by atoms with Crippen LogP contribution in [0.5, 0.6) is 0 Å². The van der Waals surface area contributed by atoms with Gasteiger partial charge in [0.15, 0.2) is 0 Å². The molecule has 2 aromatic heterocycles. The van der Waals surface area contributed by atoms with Gasteiger partial charge in [-0.15, -0.1) is 22.7 Å². The van der Waals surface area contributed by atoms with E-state index < -0.39 is 0 Å². The van der Waals surface area contributed by atoms with Gasteiger partial charge in [0.05, 0.1) is 0 Å². The van der Waals surface area contributed by atoms with Crippen molar-refractivity contribution in [2.45, 2.75) is 0 Å². The van der Waals surface area contributed by atoms with E-state index >= 15 is 0 Å². The van der Waals surface area contributed by atoms with Gasteiger partial charge in [-0.25, -0.2) is 0 Å². The summed E-state index contributed by atoms with van der Waals surface area (Å²) >= 11 is 3.58. The van der Waals surface area contributed by atoms with Crippen LogP contribution in [0.2, 0.25) is 0 Å². The summed E-state index contributed by atoms with van der Waals surface area (Å²) in [5.41, 5.74) is 2.58. The van der Waals surface area contributed by atoms with Crippen LogP contribution in [0.1, 0.15) is 0 Å². The van der Waals surface area contributed by atoms with Gasteiger partial charge >= 0.3 is 0 Å². The van der Waals surface area contributed by atoms with Crippen LogP contribution in [-0.2, 0) is 0 Å². The SMILES string of the molecule is c1csc(-c2ccc3cc4c(ccc5c6cc7ccc(-c8cccs8)cc7cc6ccc45)cc3c2)c1. The maximum atomic E-state index is 2.37. The average molecular weight is 493 g/mol. The second kappa shape index (κ2) is 7.76. The summed E-state index contributed by atoms with van der Waals surface area (Å²) in [5, 5.41) is 17.3. The molecule has 0 aliphatic rings. The van der Waals surface area contributed by atoms with Crippen LogP contribution in [0.3, 0.4) is 0 Å². The highest BCUT2D eigenvalue weighted by molar-refractivity contribution is 7.13. The van der Waals surface area contributed by atoms with E-state index in [9.17, 15) is 0 Å². The molecule has 0 saturated carbocycles. The van der Waals surface area contributed by atoms with E-state index in [4.69, 9.17) is 0 Å². The van der Waals surface area contributed by atoms with Gasteiger partial charge in [0.25, 0.3) is 0 Å². The van der Waals surface area contributed by atoms with Crippen molar-refractivity contribution >= 4 is 76.5 Å². The number of hydrogen-bond donors (Lipinski definition) is 0. The molecule has 0 amide bonds. The average Bonchev–Trinajstić information content (AvgIpc) is 3.65. The molecular weight excluding hydrogens is 473 g/mol. The van der Waals surface area contributed by atoms with Gasteiger partial charge in [-0.1, -0.05) is 60.7 Å². The first kappa shape index (κ1) is 20.2. The summed E-state index contributed by atoms with van der Waals surface area (Å²) in [6.45, 7) is 0. The zero-order chi connectivity index (χ0) is 23.6. The van der Waals surface area contributed by atoms with Gasteiger partial charge in [0, 0.05) is 9.75 Å². The summed E-state index contributed by atoms with van der Waals surface area (Å²) in [7, 11) is 0. The third kappa shape index (κ3) is 3.12. The van der Waals surface area contributed by atoms with Crippen molar-refractivity contribution in [2.75, 3.05) is 0 Å². The standard InChI is InChI=1S/C34H20S2/c1-3-33(35-13-1)25-7-5-21-19-31-23(15-27(21)17-25)9-11-30-29(31)12-10-24-16-28-18-26(34-4-2-14-36-34)8-6-22(28)20-32(24)30/h1-20H. The Morgan fingerprint density at radius 2 is 0.806 bits per heavy atom. The Hall–Kier alpha value is -3.98. The molecule has 0 N–H and O–H groups in total. The van der Waals surface area contributed by atoms with Gasteiger partial charge < -0.3 is 0 Å². The number of benzene rings is 6. The third-order valence-corrected chi connectivity index (χ3v) is 9.20. The van der Waals surface area contributed by atoms with Crippen molar-refractivity contribution in [1.82, 2.24) is 0 Å². The van der Waals surface area contributed by atoms with E-state index in [2.05, 4.69) is 120 Å². The van der Waals surface area contributed by atoms with Crippen LogP contribution < -0.4 is 0 Å². The lowest BCUT2D eigenvalue weighted by Crippen LogP contribution is -1.84. The smallest absolute Gasteiger partial charge is 0.0342 e. The number of hydrogen-bond acceptors (Lipinski definition) is 2. The van der Waals surface area contributed by atoms with Crippen molar-refractivity contribution in [2.24, 2.45) is 0 Å². The molecule has 2 heteroatoms. The van der Waals surface area contributed by atoms with Crippen LogP contribution in [0.25, 0.3) is 74.7 Å². The molecule has 2 heterocycles. The Bertz CT molecular complexity index is 1930. The molecule has 36 heavy (non-hydrogen) atoms. The van der Waals surface area contributed by atoms with Crippen LogP contribution in [-0.4, -0.2) is 0 Å². The molecule has 0 aliphatic carbocycles. The topological polar surface area (TPSA) is 0 Å². The van der Waals surface area contributed by atoms with E-state index in [0.29, 0.717) is 0 Å². The molecule has 168 valence electrons. The molecule has 6 aromatic carbocycles. The summed E-state index contributed by atoms with van der Waals surface area (Å²) in [5.74, 6) is 0. The second-order valence-electron chi connectivity index (χ2n) is 9.45.